The predicted octanol–water partition coefficient (Wildman–Crippen LogP) is 2.94. The van der Waals surface area contributed by atoms with E-state index in [-0.39, 0.29) is 36.7 Å². The number of amides is 2. The first-order chi connectivity index (χ1) is 12.6. The van der Waals surface area contributed by atoms with Gasteiger partial charge in [-0.25, -0.2) is 0 Å². The highest BCUT2D eigenvalue weighted by atomic mass is 35.5. The molecule has 1 atom stereocenters. The second-order valence-corrected chi connectivity index (χ2v) is 6.69. The number of rotatable bonds is 7. The molecule has 0 radical (unpaired) electrons. The normalized spacial score (nSPS) is 14.6. The summed E-state index contributed by atoms with van der Waals surface area (Å²) in [6, 6.07) is 17.2. The topological polar surface area (TPSA) is 75.4 Å². The molecule has 27 heavy (non-hydrogen) atoms. The monoisotopic (exact) mass is 387 g/mol. The van der Waals surface area contributed by atoms with Crippen LogP contribution in [0.5, 0.6) is 0 Å². The van der Waals surface area contributed by atoms with Crippen LogP contribution in [0.25, 0.3) is 0 Å². The summed E-state index contributed by atoms with van der Waals surface area (Å²) >= 11 is 0. The van der Waals surface area contributed by atoms with Gasteiger partial charge in [0.25, 0.3) is 0 Å². The third-order valence-corrected chi connectivity index (χ3v) is 4.76. The van der Waals surface area contributed by atoms with Gasteiger partial charge in [-0.15, -0.1) is 12.4 Å². The lowest BCUT2D eigenvalue weighted by atomic mass is 10.0. The summed E-state index contributed by atoms with van der Waals surface area (Å²) in [6.45, 7) is 1.86. The Balaban J connectivity index is 0.00000261. The van der Waals surface area contributed by atoms with E-state index in [9.17, 15) is 9.59 Å². The Morgan fingerprint density at radius 2 is 1.74 bits per heavy atom. The van der Waals surface area contributed by atoms with Gasteiger partial charge >= 0.3 is 0 Å². The number of hydrogen-bond donors (Lipinski definition) is 2. The number of nitrogens with zero attached hydrogens (tertiary/aromatic N) is 1. The SMILES string of the molecule is Cl.NC(CC(=O)NCc1ccccc1CN1CCCC1=O)c1ccccc1. The Morgan fingerprint density at radius 3 is 2.41 bits per heavy atom. The van der Waals surface area contributed by atoms with Crippen molar-refractivity contribution in [3.8, 4) is 0 Å². The van der Waals surface area contributed by atoms with Crippen molar-refractivity contribution < 1.29 is 9.59 Å². The molecule has 1 heterocycles. The van der Waals surface area contributed by atoms with Gasteiger partial charge in [-0.2, -0.15) is 0 Å². The molecule has 1 aliphatic rings. The van der Waals surface area contributed by atoms with E-state index in [0.717, 1.165) is 29.7 Å². The molecule has 1 unspecified atom stereocenters. The van der Waals surface area contributed by atoms with Gasteiger partial charge in [-0.3, -0.25) is 9.59 Å². The van der Waals surface area contributed by atoms with Gasteiger partial charge in [0, 0.05) is 38.5 Å². The van der Waals surface area contributed by atoms with Crippen molar-refractivity contribution >= 4 is 24.2 Å². The number of halogens is 1. The minimum Gasteiger partial charge on any atom is -0.352 e. The molecule has 5 nitrogen and oxygen atoms in total. The van der Waals surface area contributed by atoms with Crippen LogP contribution in [-0.2, 0) is 22.7 Å². The molecule has 6 heteroatoms. The van der Waals surface area contributed by atoms with Crippen molar-refractivity contribution in [1.82, 2.24) is 10.2 Å². The van der Waals surface area contributed by atoms with Crippen LogP contribution in [0.1, 0.15) is 42.0 Å². The predicted molar refractivity (Wildman–Crippen MR) is 108 cm³/mol. The van der Waals surface area contributed by atoms with Crippen LogP contribution in [0.3, 0.4) is 0 Å². The molecule has 0 aliphatic carbocycles. The highest BCUT2D eigenvalue weighted by Gasteiger charge is 2.21. The molecule has 144 valence electrons. The van der Waals surface area contributed by atoms with E-state index < -0.39 is 0 Å². The molecule has 0 spiro atoms. The van der Waals surface area contributed by atoms with Gasteiger partial charge in [-0.1, -0.05) is 54.6 Å². The maximum Gasteiger partial charge on any atom is 0.222 e. The molecule has 0 saturated carbocycles. The lowest BCUT2D eigenvalue weighted by Gasteiger charge is -2.18. The molecule has 2 amide bonds. The minimum atomic E-state index is -0.311. The maximum atomic E-state index is 12.3. The summed E-state index contributed by atoms with van der Waals surface area (Å²) in [7, 11) is 0. The molecule has 0 bridgehead atoms. The zero-order valence-electron chi connectivity index (χ0n) is 15.3. The molecule has 2 aromatic carbocycles. The summed E-state index contributed by atoms with van der Waals surface area (Å²) in [4.78, 5) is 26.0. The van der Waals surface area contributed by atoms with E-state index in [1.54, 1.807) is 0 Å². The second-order valence-electron chi connectivity index (χ2n) is 6.69. The fourth-order valence-electron chi connectivity index (χ4n) is 3.24. The average molecular weight is 388 g/mol. The van der Waals surface area contributed by atoms with Crippen LogP contribution in [0.2, 0.25) is 0 Å². The molecule has 0 aromatic heterocycles. The molecule has 1 aliphatic heterocycles. The van der Waals surface area contributed by atoms with E-state index in [2.05, 4.69) is 5.32 Å². The first kappa shape index (κ1) is 20.9. The summed E-state index contributed by atoms with van der Waals surface area (Å²) < 4.78 is 0. The number of nitrogens with one attached hydrogen (secondary N) is 1. The van der Waals surface area contributed by atoms with Crippen molar-refractivity contribution in [2.45, 2.75) is 38.4 Å². The zero-order chi connectivity index (χ0) is 18.4. The standard InChI is InChI=1S/C21H25N3O2.ClH/c22-19(16-7-2-1-3-8-16)13-20(25)23-14-17-9-4-5-10-18(17)15-24-12-6-11-21(24)26;/h1-5,7-10,19H,6,11-15,22H2,(H,23,25);1H. The van der Waals surface area contributed by atoms with Gasteiger partial charge < -0.3 is 16.0 Å². The summed E-state index contributed by atoms with van der Waals surface area (Å²) in [6.07, 6.45) is 1.81. The largest absolute Gasteiger partial charge is 0.352 e. The molecule has 1 saturated heterocycles. The third-order valence-electron chi connectivity index (χ3n) is 4.76. The summed E-state index contributed by atoms with van der Waals surface area (Å²) in [5.41, 5.74) is 9.18. The summed E-state index contributed by atoms with van der Waals surface area (Å²) in [5.74, 6) is 0.131. The fraction of sp³-hybridized carbons (Fsp3) is 0.333. The van der Waals surface area contributed by atoms with E-state index >= 15 is 0 Å². The first-order valence-corrected chi connectivity index (χ1v) is 9.05. The number of nitrogens with two attached hydrogens (primary N) is 1. The molecular weight excluding hydrogens is 362 g/mol. The van der Waals surface area contributed by atoms with Crippen LogP contribution in [0.15, 0.2) is 54.6 Å². The van der Waals surface area contributed by atoms with Crippen molar-refractivity contribution in [2.75, 3.05) is 6.54 Å². The van der Waals surface area contributed by atoms with Gasteiger partial charge in [-0.05, 0) is 23.1 Å². The Bertz CT molecular complexity index is 767. The Morgan fingerprint density at radius 1 is 1.07 bits per heavy atom. The number of hydrogen-bond acceptors (Lipinski definition) is 3. The lowest BCUT2D eigenvalue weighted by molar-refractivity contribution is -0.128. The molecule has 1 fully saturated rings. The van der Waals surface area contributed by atoms with E-state index in [1.165, 1.54) is 0 Å². The van der Waals surface area contributed by atoms with Gasteiger partial charge in [0.15, 0.2) is 0 Å². The Labute approximate surface area is 166 Å². The number of carbonyl (C=O) groups excluding carboxylic acids is 2. The average Bonchev–Trinajstić information content (AvgIpc) is 3.06. The van der Waals surface area contributed by atoms with Crippen LogP contribution in [0.4, 0.5) is 0 Å². The Kier molecular flexibility index (Phi) is 7.82. The van der Waals surface area contributed by atoms with E-state index in [1.807, 2.05) is 59.5 Å². The summed E-state index contributed by atoms with van der Waals surface area (Å²) in [5, 5.41) is 2.95. The second kappa shape index (κ2) is 10.1. The number of carbonyl (C=O) groups is 2. The van der Waals surface area contributed by atoms with Crippen molar-refractivity contribution in [2.24, 2.45) is 5.73 Å². The third kappa shape index (κ3) is 5.81. The highest BCUT2D eigenvalue weighted by molar-refractivity contribution is 5.85. The van der Waals surface area contributed by atoms with Crippen LogP contribution in [0, 0.1) is 0 Å². The fourth-order valence-corrected chi connectivity index (χ4v) is 3.24. The number of likely N-dealkylation sites (tertiary alicyclic amines) is 1. The maximum absolute atomic E-state index is 12.3. The van der Waals surface area contributed by atoms with Crippen molar-refractivity contribution in [3.05, 3.63) is 71.3 Å². The molecular formula is C21H26ClN3O2. The van der Waals surface area contributed by atoms with Crippen LogP contribution in [-0.4, -0.2) is 23.3 Å². The smallest absolute Gasteiger partial charge is 0.222 e. The van der Waals surface area contributed by atoms with Gasteiger partial charge in [0.05, 0.1) is 0 Å². The quantitative estimate of drug-likeness (QED) is 0.766. The molecule has 2 aromatic rings. The van der Waals surface area contributed by atoms with Crippen LogP contribution < -0.4 is 11.1 Å². The van der Waals surface area contributed by atoms with Crippen LogP contribution >= 0.6 is 12.4 Å². The number of benzene rings is 2. The Hall–Kier alpha value is -2.37. The van der Waals surface area contributed by atoms with E-state index in [0.29, 0.717) is 19.5 Å². The van der Waals surface area contributed by atoms with Crippen molar-refractivity contribution in [1.29, 1.82) is 0 Å². The van der Waals surface area contributed by atoms with Gasteiger partial charge in [0.1, 0.15) is 0 Å². The zero-order valence-corrected chi connectivity index (χ0v) is 16.1. The van der Waals surface area contributed by atoms with E-state index in [4.69, 9.17) is 5.73 Å². The first-order valence-electron chi connectivity index (χ1n) is 9.05. The van der Waals surface area contributed by atoms with Gasteiger partial charge in [0.2, 0.25) is 11.8 Å². The molecule has 3 N–H and O–H groups in total. The minimum absolute atomic E-state index is 0. The lowest BCUT2D eigenvalue weighted by Crippen LogP contribution is -2.28. The molecule has 3 rings (SSSR count). The highest BCUT2D eigenvalue weighted by Crippen LogP contribution is 2.18. The van der Waals surface area contributed by atoms with Crippen molar-refractivity contribution in [3.63, 3.8) is 0 Å².